The molecule has 0 aliphatic carbocycles. The van der Waals surface area contributed by atoms with E-state index in [1.54, 1.807) is 0 Å². The normalized spacial score (nSPS) is 14.7. The molecule has 0 heterocycles. The Morgan fingerprint density at radius 2 is 1.94 bits per heavy atom. The van der Waals surface area contributed by atoms with Gasteiger partial charge in [-0.15, -0.1) is 0 Å². The van der Waals surface area contributed by atoms with Crippen molar-refractivity contribution in [3.63, 3.8) is 0 Å². The maximum Gasteiger partial charge on any atom is 0.312 e. The third kappa shape index (κ3) is 5.86. The number of nitrogens with two attached hydrogens (primary N) is 1. The molecule has 2 atom stereocenters. The number of amides is 3. The zero-order valence-corrected chi connectivity index (χ0v) is 11.6. The number of aliphatic hydroxyl groups excluding tert-OH is 1. The Morgan fingerprint density at radius 3 is 2.33 bits per heavy atom. The minimum absolute atomic E-state index is 0.00487. The number of rotatable bonds is 7. The van der Waals surface area contributed by atoms with Crippen LogP contribution in [0.15, 0.2) is 0 Å². The molecule has 0 aromatic carbocycles. The van der Waals surface area contributed by atoms with Crippen molar-refractivity contribution in [3.05, 3.63) is 0 Å². The first-order valence-electron chi connectivity index (χ1n) is 6.18. The van der Waals surface area contributed by atoms with E-state index in [-0.39, 0.29) is 23.8 Å². The minimum atomic E-state index is -0.711. The van der Waals surface area contributed by atoms with E-state index in [2.05, 4.69) is 10.6 Å². The summed E-state index contributed by atoms with van der Waals surface area (Å²) in [6.45, 7) is 7.81. The Labute approximate surface area is 108 Å². The van der Waals surface area contributed by atoms with E-state index < -0.39 is 12.1 Å². The molecule has 0 spiro atoms. The summed E-state index contributed by atoms with van der Waals surface area (Å²) >= 11 is 0. The third-order valence-electron chi connectivity index (χ3n) is 2.96. The molecular weight excluding hydrogens is 234 g/mol. The predicted molar refractivity (Wildman–Crippen MR) is 69.8 cm³/mol. The number of nitrogens with one attached hydrogen (secondary N) is 2. The van der Waals surface area contributed by atoms with Crippen molar-refractivity contribution in [2.45, 2.75) is 40.2 Å². The van der Waals surface area contributed by atoms with Crippen molar-refractivity contribution < 1.29 is 14.7 Å². The number of primary amides is 1. The summed E-state index contributed by atoms with van der Waals surface area (Å²) in [6.07, 6.45) is 0.752. The van der Waals surface area contributed by atoms with Crippen LogP contribution < -0.4 is 16.4 Å². The quantitative estimate of drug-likeness (QED) is 0.525. The zero-order chi connectivity index (χ0) is 14.3. The summed E-state index contributed by atoms with van der Waals surface area (Å²) in [7, 11) is 0. The number of urea groups is 1. The number of hydrogen-bond donors (Lipinski definition) is 4. The lowest BCUT2D eigenvalue weighted by atomic mass is 9.94. The number of aliphatic hydroxyl groups is 1. The Hall–Kier alpha value is -1.30. The average Bonchev–Trinajstić information content (AvgIpc) is 2.32. The Kier molecular flexibility index (Phi) is 6.68. The molecule has 0 bridgehead atoms. The summed E-state index contributed by atoms with van der Waals surface area (Å²) in [5.41, 5.74) is 4.68. The van der Waals surface area contributed by atoms with Crippen molar-refractivity contribution in [2.75, 3.05) is 13.2 Å². The summed E-state index contributed by atoms with van der Waals surface area (Å²) in [5, 5.41) is 14.3. The highest BCUT2D eigenvalue weighted by molar-refractivity contribution is 5.86. The van der Waals surface area contributed by atoms with Crippen molar-refractivity contribution in [1.82, 2.24) is 10.6 Å². The van der Waals surface area contributed by atoms with Gasteiger partial charge < -0.3 is 21.5 Å². The molecule has 106 valence electrons. The molecule has 2 unspecified atom stereocenters. The second kappa shape index (κ2) is 7.20. The fraction of sp³-hybridized carbons (Fsp3) is 0.833. The topological polar surface area (TPSA) is 104 Å². The van der Waals surface area contributed by atoms with Crippen LogP contribution in [0.5, 0.6) is 0 Å². The highest BCUT2D eigenvalue weighted by atomic mass is 16.3. The predicted octanol–water partition coefficient (Wildman–Crippen LogP) is 0.204. The van der Waals surface area contributed by atoms with Gasteiger partial charge in [0.2, 0.25) is 5.91 Å². The molecule has 6 heteroatoms. The van der Waals surface area contributed by atoms with Crippen LogP contribution in [0, 0.1) is 11.3 Å². The fourth-order valence-electron chi connectivity index (χ4n) is 1.35. The molecular formula is C12H25N3O3. The van der Waals surface area contributed by atoms with Gasteiger partial charge >= 0.3 is 6.03 Å². The molecule has 0 radical (unpaired) electrons. The monoisotopic (exact) mass is 259 g/mol. The second-order valence-electron chi connectivity index (χ2n) is 5.41. The van der Waals surface area contributed by atoms with Crippen LogP contribution >= 0.6 is 0 Å². The Balaban J connectivity index is 4.52. The van der Waals surface area contributed by atoms with Gasteiger partial charge in [0.1, 0.15) is 6.04 Å². The molecule has 0 aliphatic heterocycles. The van der Waals surface area contributed by atoms with Crippen LogP contribution in [0.1, 0.15) is 34.1 Å². The van der Waals surface area contributed by atoms with E-state index in [4.69, 9.17) is 10.8 Å². The van der Waals surface area contributed by atoms with Gasteiger partial charge in [-0.2, -0.15) is 0 Å². The number of carbonyl (C=O) groups is 2. The maximum atomic E-state index is 12.0. The molecule has 5 N–H and O–H groups in total. The van der Waals surface area contributed by atoms with Gasteiger partial charge in [0, 0.05) is 18.6 Å². The second-order valence-corrected chi connectivity index (χ2v) is 5.41. The lowest BCUT2D eigenvalue weighted by molar-refractivity contribution is -0.124. The fourth-order valence-corrected chi connectivity index (χ4v) is 1.35. The highest BCUT2D eigenvalue weighted by Crippen LogP contribution is 2.12. The number of carbonyl (C=O) groups excluding carboxylic acids is 2. The molecule has 3 amide bonds. The van der Waals surface area contributed by atoms with Gasteiger partial charge in [0.25, 0.3) is 0 Å². The van der Waals surface area contributed by atoms with Crippen LogP contribution in [0.25, 0.3) is 0 Å². The van der Waals surface area contributed by atoms with Crippen LogP contribution in [0.3, 0.4) is 0 Å². The summed E-state index contributed by atoms with van der Waals surface area (Å²) in [6, 6.07) is -1.35. The van der Waals surface area contributed by atoms with Gasteiger partial charge in [-0.25, -0.2) is 4.79 Å². The standard InChI is InChI=1S/C12H25N3O3/c1-5-8(2)9(15-11(13)18)10(17)14-6-12(3,4)7-16/h8-9,16H,5-7H2,1-4H3,(H,14,17)(H3,13,15,18). The van der Waals surface area contributed by atoms with Crippen LogP contribution in [-0.2, 0) is 4.79 Å². The summed E-state index contributed by atoms with van der Waals surface area (Å²) in [5.74, 6) is -0.278. The van der Waals surface area contributed by atoms with Gasteiger partial charge in [-0.1, -0.05) is 34.1 Å². The Morgan fingerprint density at radius 1 is 1.39 bits per heavy atom. The first-order chi connectivity index (χ1) is 8.23. The number of hydrogen-bond acceptors (Lipinski definition) is 3. The van der Waals surface area contributed by atoms with E-state index >= 15 is 0 Å². The largest absolute Gasteiger partial charge is 0.396 e. The van der Waals surface area contributed by atoms with E-state index in [1.165, 1.54) is 0 Å². The smallest absolute Gasteiger partial charge is 0.312 e. The van der Waals surface area contributed by atoms with E-state index in [0.29, 0.717) is 6.54 Å². The van der Waals surface area contributed by atoms with Crippen molar-refractivity contribution in [2.24, 2.45) is 17.1 Å². The van der Waals surface area contributed by atoms with Crippen LogP contribution in [0.2, 0.25) is 0 Å². The van der Waals surface area contributed by atoms with Crippen LogP contribution in [0.4, 0.5) is 4.79 Å². The Bertz CT molecular complexity index is 292. The van der Waals surface area contributed by atoms with Gasteiger partial charge in [-0.3, -0.25) is 4.79 Å². The SMILES string of the molecule is CCC(C)C(NC(N)=O)C(=O)NCC(C)(C)CO. The first kappa shape index (κ1) is 16.7. The highest BCUT2D eigenvalue weighted by Gasteiger charge is 2.26. The minimum Gasteiger partial charge on any atom is -0.396 e. The molecule has 18 heavy (non-hydrogen) atoms. The third-order valence-corrected chi connectivity index (χ3v) is 2.96. The van der Waals surface area contributed by atoms with Crippen LogP contribution in [-0.4, -0.2) is 36.2 Å². The van der Waals surface area contributed by atoms with E-state index in [9.17, 15) is 9.59 Å². The van der Waals surface area contributed by atoms with Gasteiger partial charge in [-0.05, 0) is 5.92 Å². The molecule has 0 saturated carbocycles. The molecule has 0 saturated heterocycles. The summed E-state index contributed by atoms with van der Waals surface area (Å²) in [4.78, 5) is 22.9. The van der Waals surface area contributed by atoms with E-state index in [1.807, 2.05) is 27.7 Å². The van der Waals surface area contributed by atoms with Crippen molar-refractivity contribution >= 4 is 11.9 Å². The maximum absolute atomic E-state index is 12.0. The molecule has 6 nitrogen and oxygen atoms in total. The lowest BCUT2D eigenvalue weighted by Crippen LogP contribution is -2.53. The molecule has 0 aromatic heterocycles. The molecule has 0 aromatic rings. The first-order valence-corrected chi connectivity index (χ1v) is 6.18. The zero-order valence-electron chi connectivity index (χ0n) is 11.6. The van der Waals surface area contributed by atoms with E-state index in [0.717, 1.165) is 6.42 Å². The van der Waals surface area contributed by atoms with Crippen molar-refractivity contribution in [1.29, 1.82) is 0 Å². The molecule has 0 rings (SSSR count). The molecule has 0 fully saturated rings. The summed E-state index contributed by atoms with van der Waals surface area (Å²) < 4.78 is 0. The average molecular weight is 259 g/mol. The van der Waals surface area contributed by atoms with Gasteiger partial charge in [0.15, 0.2) is 0 Å². The van der Waals surface area contributed by atoms with Crippen molar-refractivity contribution in [3.8, 4) is 0 Å². The molecule has 0 aliphatic rings. The lowest BCUT2D eigenvalue weighted by Gasteiger charge is -2.26. The van der Waals surface area contributed by atoms with Gasteiger partial charge in [0.05, 0.1) is 0 Å².